The lowest BCUT2D eigenvalue weighted by Crippen LogP contribution is -2.37. The van der Waals surface area contributed by atoms with Crippen LogP contribution in [0.15, 0.2) is 29.2 Å². The van der Waals surface area contributed by atoms with Crippen LogP contribution in [0.2, 0.25) is 0 Å². The van der Waals surface area contributed by atoms with Crippen molar-refractivity contribution in [1.82, 2.24) is 4.31 Å². The van der Waals surface area contributed by atoms with Crippen molar-refractivity contribution in [2.75, 3.05) is 36.9 Å². The monoisotopic (exact) mass is 330 g/mol. The second-order valence-electron chi connectivity index (χ2n) is 5.13. The molecule has 2 rings (SSSR count). The molecule has 1 aliphatic rings. The van der Waals surface area contributed by atoms with Gasteiger partial charge in [-0.2, -0.15) is 4.31 Å². The van der Waals surface area contributed by atoms with Crippen molar-refractivity contribution in [3.05, 3.63) is 24.3 Å². The largest absolute Gasteiger partial charge is 0.399 e. The van der Waals surface area contributed by atoms with Crippen molar-refractivity contribution in [3.63, 3.8) is 0 Å². The first kappa shape index (κ1) is 16.6. The van der Waals surface area contributed by atoms with Crippen LogP contribution in [0.25, 0.3) is 0 Å². The number of nitrogen functional groups attached to an aromatic ring is 1. The number of thioether (sulfide) groups is 1. The van der Waals surface area contributed by atoms with E-state index in [2.05, 4.69) is 0 Å². The minimum atomic E-state index is -3.22. The summed E-state index contributed by atoms with van der Waals surface area (Å²) in [5, 5.41) is 0. The quantitative estimate of drug-likeness (QED) is 0.658. The Bertz CT molecular complexity index is 563. The van der Waals surface area contributed by atoms with Crippen LogP contribution >= 0.6 is 11.8 Å². The van der Waals surface area contributed by atoms with E-state index in [1.165, 1.54) is 11.8 Å². The smallest absolute Gasteiger partial charge is 0.215 e. The third-order valence-electron chi connectivity index (χ3n) is 3.28. The Morgan fingerprint density at radius 2 is 2.29 bits per heavy atom. The Balaban J connectivity index is 1.88. The molecule has 5 nitrogen and oxygen atoms in total. The number of hydrogen-bond donors (Lipinski definition) is 1. The molecule has 1 unspecified atom stereocenters. The molecular weight excluding hydrogens is 308 g/mol. The Morgan fingerprint density at radius 3 is 3.05 bits per heavy atom. The number of nitrogens with two attached hydrogens (primary N) is 1. The summed E-state index contributed by atoms with van der Waals surface area (Å²) >= 11 is 1.51. The van der Waals surface area contributed by atoms with Gasteiger partial charge < -0.3 is 10.5 Å². The summed E-state index contributed by atoms with van der Waals surface area (Å²) in [6.45, 7) is 3.54. The number of nitrogens with zero attached hydrogens (tertiary/aromatic N) is 1. The highest BCUT2D eigenvalue weighted by atomic mass is 32.2. The van der Waals surface area contributed by atoms with Crippen molar-refractivity contribution in [3.8, 4) is 0 Å². The van der Waals surface area contributed by atoms with Crippen LogP contribution < -0.4 is 5.73 Å². The molecule has 2 N–H and O–H groups in total. The maximum atomic E-state index is 12.4. The van der Waals surface area contributed by atoms with Gasteiger partial charge in [0.25, 0.3) is 0 Å². The van der Waals surface area contributed by atoms with Gasteiger partial charge in [-0.3, -0.25) is 0 Å². The molecular formula is C14H22N2O3S2. The van der Waals surface area contributed by atoms with Crippen LogP contribution in [0.3, 0.4) is 0 Å². The van der Waals surface area contributed by atoms with Gasteiger partial charge in [0.05, 0.1) is 11.9 Å². The molecule has 0 radical (unpaired) electrons. The highest BCUT2D eigenvalue weighted by Crippen LogP contribution is 2.21. The SMILES string of the molecule is CC1CN(S(=O)(=O)CCSc2cccc(N)c2)CCCO1. The van der Waals surface area contributed by atoms with Crippen LogP contribution in [0.1, 0.15) is 13.3 Å². The van der Waals surface area contributed by atoms with E-state index in [0.29, 0.717) is 31.1 Å². The summed E-state index contributed by atoms with van der Waals surface area (Å²) in [4.78, 5) is 0.998. The molecule has 1 aliphatic heterocycles. The fourth-order valence-electron chi connectivity index (χ4n) is 2.21. The summed E-state index contributed by atoms with van der Waals surface area (Å²) in [6.07, 6.45) is 0.718. The predicted molar refractivity (Wildman–Crippen MR) is 87.0 cm³/mol. The van der Waals surface area contributed by atoms with E-state index < -0.39 is 10.0 Å². The number of hydrogen-bond acceptors (Lipinski definition) is 5. The van der Waals surface area contributed by atoms with Gasteiger partial charge in [0.2, 0.25) is 10.0 Å². The maximum Gasteiger partial charge on any atom is 0.215 e. The van der Waals surface area contributed by atoms with Gasteiger partial charge in [0.1, 0.15) is 0 Å². The van der Waals surface area contributed by atoms with E-state index in [9.17, 15) is 8.42 Å². The Morgan fingerprint density at radius 1 is 1.48 bits per heavy atom. The van der Waals surface area contributed by atoms with Crippen LogP contribution in [-0.4, -0.2) is 50.0 Å². The highest BCUT2D eigenvalue weighted by Gasteiger charge is 2.25. The number of benzene rings is 1. The normalized spacial score (nSPS) is 21.1. The Labute approximate surface area is 130 Å². The summed E-state index contributed by atoms with van der Waals surface area (Å²) in [5.74, 6) is 0.663. The molecule has 0 bridgehead atoms. The molecule has 1 heterocycles. The zero-order chi connectivity index (χ0) is 15.3. The van der Waals surface area contributed by atoms with Crippen molar-refractivity contribution >= 4 is 27.5 Å². The molecule has 1 saturated heterocycles. The molecule has 1 fully saturated rings. The molecule has 0 saturated carbocycles. The topological polar surface area (TPSA) is 72.6 Å². The minimum Gasteiger partial charge on any atom is -0.399 e. The van der Waals surface area contributed by atoms with E-state index in [-0.39, 0.29) is 11.9 Å². The van der Waals surface area contributed by atoms with E-state index in [1.807, 2.05) is 31.2 Å². The average Bonchev–Trinajstić information content (AvgIpc) is 2.64. The first-order valence-electron chi connectivity index (χ1n) is 7.05. The van der Waals surface area contributed by atoms with Crippen LogP contribution in [-0.2, 0) is 14.8 Å². The molecule has 118 valence electrons. The van der Waals surface area contributed by atoms with E-state index in [4.69, 9.17) is 10.5 Å². The van der Waals surface area contributed by atoms with Crippen LogP contribution in [0.5, 0.6) is 0 Å². The van der Waals surface area contributed by atoms with Crippen LogP contribution in [0, 0.1) is 0 Å². The lowest BCUT2D eigenvalue weighted by molar-refractivity contribution is 0.0752. The second-order valence-corrected chi connectivity index (χ2v) is 8.39. The first-order chi connectivity index (χ1) is 9.97. The molecule has 0 amide bonds. The van der Waals surface area contributed by atoms with Gasteiger partial charge in [-0.05, 0) is 31.5 Å². The van der Waals surface area contributed by atoms with E-state index >= 15 is 0 Å². The van der Waals surface area contributed by atoms with Gasteiger partial charge in [0, 0.05) is 36.0 Å². The van der Waals surface area contributed by atoms with Crippen molar-refractivity contribution in [2.24, 2.45) is 0 Å². The van der Waals surface area contributed by atoms with E-state index in [0.717, 1.165) is 11.3 Å². The highest BCUT2D eigenvalue weighted by molar-refractivity contribution is 8.00. The average molecular weight is 330 g/mol. The molecule has 7 heteroatoms. The first-order valence-corrected chi connectivity index (χ1v) is 9.64. The van der Waals surface area contributed by atoms with Gasteiger partial charge in [-0.15, -0.1) is 11.8 Å². The standard InChI is InChI=1S/C14H22N2O3S2/c1-12-11-16(6-3-7-19-12)21(17,18)9-8-20-14-5-2-4-13(15)10-14/h2,4-5,10,12H,3,6-9,11,15H2,1H3. The number of ether oxygens (including phenoxy) is 1. The van der Waals surface area contributed by atoms with E-state index in [1.54, 1.807) is 4.31 Å². The lowest BCUT2D eigenvalue weighted by atomic mass is 10.3. The van der Waals surface area contributed by atoms with Crippen molar-refractivity contribution < 1.29 is 13.2 Å². The van der Waals surface area contributed by atoms with Crippen LogP contribution in [0.4, 0.5) is 5.69 Å². The van der Waals surface area contributed by atoms with Gasteiger partial charge in [-0.25, -0.2) is 8.42 Å². The molecule has 0 aromatic heterocycles. The lowest BCUT2D eigenvalue weighted by Gasteiger charge is -2.21. The number of sulfonamides is 1. The Hall–Kier alpha value is -0.760. The molecule has 0 spiro atoms. The molecule has 0 aliphatic carbocycles. The molecule has 1 aromatic rings. The third-order valence-corrected chi connectivity index (χ3v) is 6.37. The fourth-order valence-corrected chi connectivity index (χ4v) is 5.12. The molecule has 1 atom stereocenters. The fraction of sp³-hybridized carbons (Fsp3) is 0.571. The Kier molecular flexibility index (Phi) is 5.92. The number of anilines is 1. The van der Waals surface area contributed by atoms with Gasteiger partial charge in [0.15, 0.2) is 0 Å². The molecule has 21 heavy (non-hydrogen) atoms. The maximum absolute atomic E-state index is 12.4. The van der Waals surface area contributed by atoms with Gasteiger partial charge >= 0.3 is 0 Å². The number of rotatable bonds is 5. The summed E-state index contributed by atoms with van der Waals surface area (Å²) in [5.41, 5.74) is 6.41. The zero-order valence-electron chi connectivity index (χ0n) is 12.2. The zero-order valence-corrected chi connectivity index (χ0v) is 13.8. The second kappa shape index (κ2) is 7.49. The minimum absolute atomic E-state index is 0.0381. The summed E-state index contributed by atoms with van der Waals surface area (Å²) in [6, 6.07) is 7.49. The predicted octanol–water partition coefficient (Wildman–Crippen LogP) is 1.80. The third kappa shape index (κ3) is 5.18. The van der Waals surface area contributed by atoms with Crippen molar-refractivity contribution in [1.29, 1.82) is 0 Å². The summed E-state index contributed by atoms with van der Waals surface area (Å²) in [7, 11) is -3.22. The summed E-state index contributed by atoms with van der Waals surface area (Å²) < 4.78 is 31.8. The van der Waals surface area contributed by atoms with Gasteiger partial charge in [-0.1, -0.05) is 6.07 Å². The molecule has 1 aromatic carbocycles. The van der Waals surface area contributed by atoms with Crippen molar-refractivity contribution in [2.45, 2.75) is 24.3 Å².